The van der Waals surface area contributed by atoms with Crippen LogP contribution in [-0.4, -0.2) is 57.7 Å². The van der Waals surface area contributed by atoms with Crippen molar-refractivity contribution in [2.75, 3.05) is 24.6 Å². The monoisotopic (exact) mass is 627 g/mol. The molecule has 0 aliphatic carbocycles. The Balaban J connectivity index is 1.66. The summed E-state index contributed by atoms with van der Waals surface area (Å²) in [6.07, 6.45) is -10.6. The van der Waals surface area contributed by atoms with Crippen molar-refractivity contribution in [3.05, 3.63) is 77.1 Å². The fourth-order valence-corrected chi connectivity index (χ4v) is 5.64. The highest BCUT2D eigenvalue weighted by atomic mass is 19.4. The van der Waals surface area contributed by atoms with E-state index in [2.05, 4.69) is 37.6 Å². The van der Waals surface area contributed by atoms with Crippen molar-refractivity contribution < 1.29 is 35.8 Å². The van der Waals surface area contributed by atoms with Gasteiger partial charge in [0, 0.05) is 25.2 Å². The number of hydrogen-bond donors (Lipinski definition) is 0. The molecule has 0 saturated carbocycles. The molecule has 2 aromatic carbocycles. The van der Waals surface area contributed by atoms with E-state index in [4.69, 9.17) is 14.6 Å². The third-order valence-corrected chi connectivity index (χ3v) is 8.05. The summed E-state index contributed by atoms with van der Waals surface area (Å²) in [5.41, 5.74) is -3.42. The topological polar surface area (TPSA) is 55.7 Å². The van der Waals surface area contributed by atoms with E-state index < -0.39 is 41.4 Å². The highest BCUT2D eigenvalue weighted by Crippen LogP contribution is 2.42. The zero-order chi connectivity index (χ0) is 32.4. The van der Waals surface area contributed by atoms with Gasteiger partial charge in [0.1, 0.15) is 11.9 Å². The van der Waals surface area contributed by atoms with Crippen molar-refractivity contribution in [1.82, 2.24) is 19.7 Å². The van der Waals surface area contributed by atoms with Crippen LogP contribution >= 0.6 is 0 Å². The summed E-state index contributed by atoms with van der Waals surface area (Å²) in [5, 5.41) is 4.74. The maximum Gasteiger partial charge on any atom is 0.416 e. The van der Waals surface area contributed by atoms with Crippen LogP contribution in [0.25, 0.3) is 0 Å². The van der Waals surface area contributed by atoms with Crippen LogP contribution in [0.4, 0.5) is 32.3 Å². The summed E-state index contributed by atoms with van der Waals surface area (Å²) in [7, 11) is 0. The largest absolute Gasteiger partial charge is 0.416 e. The van der Waals surface area contributed by atoms with Crippen molar-refractivity contribution in [2.24, 2.45) is 0 Å². The molecule has 1 aliphatic heterocycles. The highest BCUT2D eigenvalue weighted by molar-refractivity contribution is 5.42. The molecule has 0 bridgehead atoms. The average Bonchev–Trinajstić information content (AvgIpc) is 3.41. The zero-order valence-corrected chi connectivity index (χ0v) is 25.7. The van der Waals surface area contributed by atoms with Crippen molar-refractivity contribution in [1.29, 1.82) is 0 Å². The van der Waals surface area contributed by atoms with Gasteiger partial charge in [-0.3, -0.25) is 4.90 Å². The van der Waals surface area contributed by atoms with E-state index in [1.807, 2.05) is 42.2 Å². The van der Waals surface area contributed by atoms with Crippen molar-refractivity contribution >= 4 is 5.95 Å². The van der Waals surface area contributed by atoms with Crippen LogP contribution in [0, 0.1) is 0 Å². The van der Waals surface area contributed by atoms with Crippen molar-refractivity contribution in [3.8, 4) is 0 Å². The molecule has 0 amide bonds. The number of hydrogen-bond acceptors (Lipinski definition) is 6. The molecule has 44 heavy (non-hydrogen) atoms. The van der Waals surface area contributed by atoms with Crippen LogP contribution in [-0.2, 0) is 33.9 Å². The maximum absolute atomic E-state index is 13.6. The van der Waals surface area contributed by atoms with Crippen LogP contribution in [0.15, 0.2) is 54.9 Å². The molecule has 3 aromatic rings. The number of aromatic nitrogens is 3. The molecule has 0 unspecified atom stereocenters. The number of morpholine rings is 1. The SMILES string of the molecule is CC(C)N(CCn1cnc(N2CCO[C@H](O[C@H](C)c3cc(C(F)(F)F)cc(C(F)(F)F)c3)[C@]2(C)c2ccccc2)n1)C(C)C. The fourth-order valence-electron chi connectivity index (χ4n) is 5.64. The number of rotatable bonds is 10. The number of anilines is 1. The third-order valence-electron chi connectivity index (χ3n) is 8.05. The van der Waals surface area contributed by atoms with Gasteiger partial charge in [-0.25, -0.2) is 9.67 Å². The number of alkyl halides is 6. The lowest BCUT2D eigenvalue weighted by atomic mass is 9.88. The Morgan fingerprint density at radius 3 is 2.09 bits per heavy atom. The second-order valence-electron chi connectivity index (χ2n) is 11.7. The minimum atomic E-state index is -4.97. The Kier molecular flexibility index (Phi) is 10.0. The number of nitrogens with zero attached hydrogens (tertiary/aromatic N) is 5. The van der Waals surface area contributed by atoms with Crippen LogP contribution in [0.3, 0.4) is 0 Å². The Morgan fingerprint density at radius 2 is 1.55 bits per heavy atom. The fraction of sp³-hybridized carbons (Fsp3) is 0.548. The summed E-state index contributed by atoms with van der Waals surface area (Å²) in [4.78, 5) is 8.83. The minimum Gasteiger partial charge on any atom is -0.348 e. The highest BCUT2D eigenvalue weighted by Gasteiger charge is 2.48. The third kappa shape index (κ3) is 7.37. The first kappa shape index (κ1) is 33.7. The average molecular weight is 628 g/mol. The van der Waals surface area contributed by atoms with Gasteiger partial charge in [0.05, 0.1) is 30.4 Å². The van der Waals surface area contributed by atoms with Crippen molar-refractivity contribution in [3.63, 3.8) is 0 Å². The Bertz CT molecular complexity index is 1340. The van der Waals surface area contributed by atoms with Crippen molar-refractivity contribution in [2.45, 2.75) is 90.5 Å². The van der Waals surface area contributed by atoms with Gasteiger partial charge in [0.25, 0.3) is 0 Å². The first-order valence-electron chi connectivity index (χ1n) is 14.6. The van der Waals surface area contributed by atoms with E-state index in [0.29, 0.717) is 43.3 Å². The van der Waals surface area contributed by atoms with Crippen LogP contribution in [0.1, 0.15) is 69.9 Å². The zero-order valence-electron chi connectivity index (χ0n) is 25.7. The molecule has 0 spiro atoms. The molecular formula is C31H39F6N5O2. The quantitative estimate of drug-likeness (QED) is 0.220. The lowest BCUT2D eigenvalue weighted by Gasteiger charge is -2.49. The van der Waals surface area contributed by atoms with Gasteiger partial charge in [-0.1, -0.05) is 30.3 Å². The van der Waals surface area contributed by atoms with E-state index >= 15 is 0 Å². The maximum atomic E-state index is 13.6. The number of ether oxygens (including phenoxy) is 2. The second kappa shape index (κ2) is 13.1. The normalized spacial score (nSPS) is 20.6. The summed E-state index contributed by atoms with van der Waals surface area (Å²) >= 11 is 0. The number of benzene rings is 2. The molecule has 0 radical (unpaired) electrons. The van der Waals surface area contributed by atoms with Gasteiger partial charge < -0.3 is 14.4 Å². The molecule has 0 N–H and O–H groups in total. The minimum absolute atomic E-state index is 0.104. The van der Waals surface area contributed by atoms with E-state index in [1.165, 1.54) is 6.92 Å². The Morgan fingerprint density at radius 1 is 0.955 bits per heavy atom. The van der Waals surface area contributed by atoms with Gasteiger partial charge in [-0.05, 0) is 70.9 Å². The predicted octanol–water partition coefficient (Wildman–Crippen LogP) is 7.29. The summed E-state index contributed by atoms with van der Waals surface area (Å²) in [5.74, 6) is 0.403. The lowest BCUT2D eigenvalue weighted by molar-refractivity contribution is -0.217. The van der Waals surface area contributed by atoms with Crippen LogP contribution in [0.2, 0.25) is 0 Å². The molecule has 1 fully saturated rings. The molecule has 1 aromatic heterocycles. The molecule has 2 heterocycles. The van der Waals surface area contributed by atoms with Gasteiger partial charge in [-0.2, -0.15) is 26.3 Å². The van der Waals surface area contributed by atoms with Gasteiger partial charge in [-0.15, -0.1) is 5.10 Å². The summed E-state index contributed by atoms with van der Waals surface area (Å²) in [6, 6.07) is 11.4. The lowest BCUT2D eigenvalue weighted by Crippen LogP contribution is -2.60. The predicted molar refractivity (Wildman–Crippen MR) is 154 cm³/mol. The van der Waals surface area contributed by atoms with Gasteiger partial charge >= 0.3 is 12.4 Å². The number of halogens is 6. The first-order valence-corrected chi connectivity index (χ1v) is 14.6. The molecule has 4 rings (SSSR count). The van der Waals surface area contributed by atoms with Crippen LogP contribution < -0.4 is 4.90 Å². The molecule has 1 aliphatic rings. The Hall–Kier alpha value is -3.16. The second-order valence-corrected chi connectivity index (χ2v) is 11.7. The Labute approximate surface area is 253 Å². The molecule has 242 valence electrons. The first-order chi connectivity index (χ1) is 20.5. The van der Waals surface area contributed by atoms with E-state index in [-0.39, 0.29) is 18.2 Å². The smallest absolute Gasteiger partial charge is 0.348 e. The molecule has 3 atom stereocenters. The van der Waals surface area contributed by atoms with Gasteiger partial charge in [0.2, 0.25) is 5.95 Å². The molecular weight excluding hydrogens is 588 g/mol. The molecule has 1 saturated heterocycles. The molecule has 13 heteroatoms. The summed E-state index contributed by atoms with van der Waals surface area (Å²) < 4.78 is 95.4. The van der Waals surface area contributed by atoms with E-state index in [0.717, 1.165) is 12.1 Å². The van der Waals surface area contributed by atoms with E-state index in [9.17, 15) is 26.3 Å². The van der Waals surface area contributed by atoms with Gasteiger partial charge in [0.15, 0.2) is 6.29 Å². The summed E-state index contributed by atoms with van der Waals surface area (Å²) in [6.45, 7) is 13.7. The molecule has 7 nitrogen and oxygen atoms in total. The van der Waals surface area contributed by atoms with Crippen LogP contribution in [0.5, 0.6) is 0 Å². The standard InChI is InChI=1S/C31H39F6N5O2/c1-20(2)41(21(3)4)13-12-40-19-38-28(39-40)42-14-15-43-27(29(42,6)24-10-8-7-9-11-24)44-22(5)23-16-25(30(32,33)34)18-26(17-23)31(35,36)37/h7-11,16-22,27H,12-15H2,1-6H3/t22-,27-,29+/m1/s1. The van der Waals surface area contributed by atoms with E-state index in [1.54, 1.807) is 11.0 Å².